The number of amides is 1. The lowest BCUT2D eigenvalue weighted by atomic mass is 9.87. The minimum atomic E-state index is -4.28. The molecule has 5 rings (SSSR count). The Balaban J connectivity index is 1.66. The van der Waals surface area contributed by atoms with Gasteiger partial charge in [0.05, 0.1) is 11.4 Å². The number of ketones is 1. The summed E-state index contributed by atoms with van der Waals surface area (Å²) in [7, 11) is -4.28. The summed E-state index contributed by atoms with van der Waals surface area (Å²) in [6.07, 6.45) is 0. The first kappa shape index (κ1) is 27.1. The maximum absolute atomic E-state index is 14.2. The molecule has 0 spiro atoms. The second-order valence-corrected chi connectivity index (χ2v) is 12.1. The number of nitrogens with zero attached hydrogens (tertiary/aromatic N) is 1. The van der Waals surface area contributed by atoms with E-state index in [2.05, 4.69) is 4.72 Å². The van der Waals surface area contributed by atoms with Crippen molar-refractivity contribution in [1.82, 2.24) is 4.72 Å². The molecule has 4 aromatic carbocycles. The van der Waals surface area contributed by atoms with Gasteiger partial charge in [0.1, 0.15) is 6.04 Å². The van der Waals surface area contributed by atoms with E-state index in [1.807, 2.05) is 37.3 Å². The molecular formula is C30H24Cl2N2O4S. The molecule has 1 heterocycles. The summed E-state index contributed by atoms with van der Waals surface area (Å²) in [4.78, 5) is 27.5. The first-order chi connectivity index (χ1) is 18.6. The number of halogens is 2. The standard InChI is InChI=1S/C30H24Cl2N2O4S/c1-20-12-15-24(16-13-20)39(37,38)33-28(27(35)22-10-6-3-7-11-22)30(32)25-18-23(31)14-17-26(25)34(29(30)36)19-21-8-4-2-5-9-21/h2-18,28,33H,19H2,1H3/t28?,30-/m1/s1. The molecule has 1 amide bonds. The van der Waals surface area contributed by atoms with Crippen molar-refractivity contribution in [2.75, 3.05) is 4.90 Å². The number of nitrogens with one attached hydrogen (secondary N) is 1. The summed E-state index contributed by atoms with van der Waals surface area (Å²) in [5, 5.41) is 0.292. The van der Waals surface area contributed by atoms with Gasteiger partial charge in [-0.25, -0.2) is 8.42 Å². The van der Waals surface area contributed by atoms with Crippen LogP contribution in [0.15, 0.2) is 108 Å². The van der Waals surface area contributed by atoms with Crippen LogP contribution in [0.25, 0.3) is 0 Å². The average Bonchev–Trinajstić information content (AvgIpc) is 3.14. The van der Waals surface area contributed by atoms with Crippen LogP contribution in [0.1, 0.15) is 27.0 Å². The number of rotatable bonds is 8. The topological polar surface area (TPSA) is 83.5 Å². The summed E-state index contributed by atoms with van der Waals surface area (Å²) in [6, 6.07) is 26.7. The highest BCUT2D eigenvalue weighted by Crippen LogP contribution is 2.49. The van der Waals surface area contributed by atoms with E-state index < -0.39 is 32.6 Å². The lowest BCUT2D eigenvalue weighted by molar-refractivity contribution is -0.121. The molecule has 0 aliphatic carbocycles. The van der Waals surface area contributed by atoms with E-state index in [9.17, 15) is 18.0 Å². The van der Waals surface area contributed by atoms with Gasteiger partial charge < -0.3 is 4.90 Å². The molecule has 4 aromatic rings. The molecule has 1 unspecified atom stereocenters. The van der Waals surface area contributed by atoms with Gasteiger partial charge in [-0.15, -0.1) is 11.6 Å². The average molecular weight is 580 g/mol. The largest absolute Gasteiger partial charge is 0.306 e. The number of aryl methyl sites for hydroxylation is 1. The number of alkyl halides is 1. The fourth-order valence-electron chi connectivity index (χ4n) is 4.68. The minimum absolute atomic E-state index is 0.0582. The molecule has 39 heavy (non-hydrogen) atoms. The summed E-state index contributed by atoms with van der Waals surface area (Å²) in [6.45, 7) is 2.00. The first-order valence-electron chi connectivity index (χ1n) is 12.1. The molecule has 2 atom stereocenters. The molecule has 0 fully saturated rings. The monoisotopic (exact) mass is 578 g/mol. The van der Waals surface area contributed by atoms with Crippen molar-refractivity contribution in [1.29, 1.82) is 0 Å². The van der Waals surface area contributed by atoms with Gasteiger partial charge in [0.15, 0.2) is 10.7 Å². The molecule has 1 aliphatic rings. The zero-order valence-corrected chi connectivity index (χ0v) is 23.2. The Morgan fingerprint density at radius 3 is 2.18 bits per heavy atom. The van der Waals surface area contributed by atoms with E-state index in [1.54, 1.807) is 54.6 Å². The summed E-state index contributed by atoms with van der Waals surface area (Å²) in [5.41, 5.74) is 2.60. The highest BCUT2D eigenvalue weighted by Gasteiger charge is 2.58. The van der Waals surface area contributed by atoms with Gasteiger partial charge in [0.25, 0.3) is 5.91 Å². The van der Waals surface area contributed by atoms with Crippen LogP contribution < -0.4 is 9.62 Å². The second kappa shape index (κ2) is 10.6. The van der Waals surface area contributed by atoms with Crippen LogP contribution in [0.3, 0.4) is 0 Å². The predicted octanol–water partition coefficient (Wildman–Crippen LogP) is 5.86. The van der Waals surface area contributed by atoms with E-state index in [1.165, 1.54) is 23.1 Å². The Hall–Kier alpha value is -3.49. The highest BCUT2D eigenvalue weighted by atomic mass is 35.5. The number of hydrogen-bond donors (Lipinski definition) is 1. The molecular weight excluding hydrogens is 555 g/mol. The fraction of sp³-hybridized carbons (Fsp3) is 0.133. The molecule has 0 saturated carbocycles. The number of fused-ring (bicyclic) bond motifs is 1. The SMILES string of the molecule is Cc1ccc(S(=O)(=O)NC(C(=O)c2ccccc2)[C@@]2(Cl)C(=O)N(Cc3ccccc3)c3ccc(Cl)cc32)cc1. The van der Waals surface area contributed by atoms with Crippen molar-refractivity contribution in [2.24, 2.45) is 0 Å². The maximum atomic E-state index is 14.2. The molecule has 9 heteroatoms. The van der Waals surface area contributed by atoms with Gasteiger partial charge in [-0.3, -0.25) is 9.59 Å². The number of benzene rings is 4. The number of hydrogen-bond acceptors (Lipinski definition) is 4. The Morgan fingerprint density at radius 2 is 1.54 bits per heavy atom. The first-order valence-corrected chi connectivity index (χ1v) is 14.4. The lowest BCUT2D eigenvalue weighted by Crippen LogP contribution is -2.56. The van der Waals surface area contributed by atoms with Gasteiger partial charge in [-0.05, 0) is 42.8 Å². The number of carbonyl (C=O) groups excluding carboxylic acids is 2. The molecule has 198 valence electrons. The van der Waals surface area contributed by atoms with Gasteiger partial charge in [0.2, 0.25) is 10.0 Å². The van der Waals surface area contributed by atoms with Crippen LogP contribution in [0.5, 0.6) is 0 Å². The fourth-order valence-corrected chi connectivity index (χ4v) is 6.55. The van der Waals surface area contributed by atoms with Crippen molar-refractivity contribution >= 4 is 50.6 Å². The third kappa shape index (κ3) is 5.11. The van der Waals surface area contributed by atoms with Crippen LogP contribution in [0.4, 0.5) is 5.69 Å². The highest BCUT2D eigenvalue weighted by molar-refractivity contribution is 7.89. The number of sulfonamides is 1. The molecule has 6 nitrogen and oxygen atoms in total. The van der Waals surface area contributed by atoms with Crippen LogP contribution >= 0.6 is 23.2 Å². The normalized spacial score (nSPS) is 17.6. The third-order valence-corrected chi connectivity index (χ3v) is 8.96. The van der Waals surface area contributed by atoms with Crippen LogP contribution in [-0.2, 0) is 26.2 Å². The van der Waals surface area contributed by atoms with Gasteiger partial charge in [-0.1, -0.05) is 90.0 Å². The zero-order chi connectivity index (χ0) is 27.8. The Kier molecular flexibility index (Phi) is 7.35. The van der Waals surface area contributed by atoms with E-state index in [0.717, 1.165) is 11.1 Å². The number of anilines is 1. The summed E-state index contributed by atoms with van der Waals surface area (Å²) < 4.78 is 29.6. The van der Waals surface area contributed by atoms with Crippen molar-refractivity contribution < 1.29 is 18.0 Å². The molecule has 0 bridgehead atoms. The van der Waals surface area contributed by atoms with Gasteiger partial charge in [-0.2, -0.15) is 4.72 Å². The molecule has 1 aliphatic heterocycles. The summed E-state index contributed by atoms with van der Waals surface area (Å²) >= 11 is 13.6. The van der Waals surface area contributed by atoms with E-state index in [-0.39, 0.29) is 22.6 Å². The second-order valence-electron chi connectivity index (χ2n) is 9.35. The molecule has 1 N–H and O–H groups in total. The van der Waals surface area contributed by atoms with Gasteiger partial charge >= 0.3 is 0 Å². The van der Waals surface area contributed by atoms with Crippen LogP contribution in [-0.4, -0.2) is 26.2 Å². The predicted molar refractivity (Wildman–Crippen MR) is 153 cm³/mol. The van der Waals surface area contributed by atoms with E-state index in [0.29, 0.717) is 10.7 Å². The minimum Gasteiger partial charge on any atom is -0.306 e. The van der Waals surface area contributed by atoms with Crippen molar-refractivity contribution in [3.05, 3.63) is 130 Å². The summed E-state index contributed by atoms with van der Waals surface area (Å²) in [5.74, 6) is -1.28. The molecule has 0 radical (unpaired) electrons. The van der Waals surface area contributed by atoms with Crippen molar-refractivity contribution in [3.8, 4) is 0 Å². The van der Waals surface area contributed by atoms with Crippen LogP contribution in [0, 0.1) is 6.92 Å². The number of Topliss-reactive ketones (excluding diaryl/α,β-unsaturated/α-hetero) is 1. The maximum Gasteiger partial charge on any atom is 0.255 e. The van der Waals surface area contributed by atoms with E-state index >= 15 is 0 Å². The smallest absolute Gasteiger partial charge is 0.255 e. The Bertz CT molecular complexity index is 1650. The van der Waals surface area contributed by atoms with Crippen LogP contribution in [0.2, 0.25) is 5.02 Å². The number of carbonyl (C=O) groups is 2. The zero-order valence-electron chi connectivity index (χ0n) is 20.8. The Morgan fingerprint density at radius 1 is 0.923 bits per heavy atom. The lowest BCUT2D eigenvalue weighted by Gasteiger charge is -2.31. The molecule has 0 aromatic heterocycles. The Labute approximate surface area is 237 Å². The van der Waals surface area contributed by atoms with E-state index in [4.69, 9.17) is 23.2 Å². The van der Waals surface area contributed by atoms with Crippen molar-refractivity contribution in [2.45, 2.75) is 29.3 Å². The quantitative estimate of drug-likeness (QED) is 0.210. The van der Waals surface area contributed by atoms with Crippen molar-refractivity contribution in [3.63, 3.8) is 0 Å². The molecule has 0 saturated heterocycles. The van der Waals surface area contributed by atoms with Gasteiger partial charge in [0, 0.05) is 21.8 Å². The third-order valence-electron chi connectivity index (χ3n) is 6.70.